The van der Waals surface area contributed by atoms with Gasteiger partial charge in [-0.15, -0.1) is 0 Å². The minimum atomic E-state index is -0.461. The lowest BCUT2D eigenvalue weighted by Gasteiger charge is -2.26. The molecule has 1 aliphatic carbocycles. The smallest absolute Gasteiger partial charge is 0.263 e. The third-order valence-corrected chi connectivity index (χ3v) is 4.57. The highest BCUT2D eigenvalue weighted by molar-refractivity contribution is 5.99. The maximum atomic E-state index is 12.7. The van der Waals surface area contributed by atoms with Crippen LogP contribution in [-0.4, -0.2) is 29.0 Å². The number of benzene rings is 1. The standard InChI is InChI=1S/C20H23N3O3/c1-2-21-19(25)17-11-15(18(24)22-16-9-6-10-16)13-23(20(17)26)12-14-7-4-3-5-8-14/h3-5,7-8,11,13,16H,2,6,9-10,12H2,1H3,(H,21,25)(H,22,24). The fraction of sp³-hybridized carbons (Fsp3) is 0.350. The van der Waals surface area contributed by atoms with Gasteiger partial charge in [0.1, 0.15) is 5.56 Å². The summed E-state index contributed by atoms with van der Waals surface area (Å²) in [6, 6.07) is 11.1. The Morgan fingerprint density at radius 1 is 1.15 bits per heavy atom. The normalized spacial score (nSPS) is 13.7. The van der Waals surface area contributed by atoms with Gasteiger partial charge in [-0.25, -0.2) is 0 Å². The average Bonchev–Trinajstić information content (AvgIpc) is 2.60. The molecule has 0 atom stereocenters. The van der Waals surface area contributed by atoms with Crippen molar-refractivity contribution < 1.29 is 9.59 Å². The Kier molecular flexibility index (Phi) is 5.51. The highest BCUT2D eigenvalue weighted by Crippen LogP contribution is 2.18. The van der Waals surface area contributed by atoms with E-state index in [0.29, 0.717) is 18.7 Å². The highest BCUT2D eigenvalue weighted by Gasteiger charge is 2.22. The maximum absolute atomic E-state index is 12.7. The van der Waals surface area contributed by atoms with Crippen LogP contribution >= 0.6 is 0 Å². The first-order valence-corrected chi connectivity index (χ1v) is 8.96. The van der Waals surface area contributed by atoms with Crippen LogP contribution in [0.3, 0.4) is 0 Å². The van der Waals surface area contributed by atoms with Crippen molar-refractivity contribution in [1.82, 2.24) is 15.2 Å². The molecule has 136 valence electrons. The minimum absolute atomic E-state index is 0.0101. The zero-order chi connectivity index (χ0) is 18.5. The number of rotatable bonds is 6. The van der Waals surface area contributed by atoms with Gasteiger partial charge in [0, 0.05) is 18.8 Å². The van der Waals surface area contributed by atoms with E-state index in [9.17, 15) is 14.4 Å². The van der Waals surface area contributed by atoms with E-state index in [-0.39, 0.29) is 17.5 Å². The van der Waals surface area contributed by atoms with Gasteiger partial charge in [0.2, 0.25) is 0 Å². The summed E-state index contributed by atoms with van der Waals surface area (Å²) < 4.78 is 1.43. The molecule has 1 aliphatic rings. The Bertz CT molecular complexity index is 854. The van der Waals surface area contributed by atoms with Gasteiger partial charge >= 0.3 is 0 Å². The van der Waals surface area contributed by atoms with Crippen LogP contribution in [0.2, 0.25) is 0 Å². The molecule has 0 bridgehead atoms. The molecule has 3 rings (SSSR count). The fourth-order valence-corrected chi connectivity index (χ4v) is 2.90. The monoisotopic (exact) mass is 353 g/mol. The SMILES string of the molecule is CCNC(=O)c1cc(C(=O)NC2CCC2)cn(Cc2ccccc2)c1=O. The van der Waals surface area contributed by atoms with Crippen molar-refractivity contribution in [3.8, 4) is 0 Å². The summed E-state index contributed by atoms with van der Waals surface area (Å²) in [6.45, 7) is 2.50. The van der Waals surface area contributed by atoms with E-state index in [1.54, 1.807) is 6.92 Å². The van der Waals surface area contributed by atoms with Crippen LogP contribution < -0.4 is 16.2 Å². The fourth-order valence-electron chi connectivity index (χ4n) is 2.90. The molecule has 0 aliphatic heterocycles. The molecule has 1 heterocycles. The molecule has 0 radical (unpaired) electrons. The lowest BCUT2D eigenvalue weighted by atomic mass is 9.93. The second-order valence-corrected chi connectivity index (χ2v) is 6.52. The molecule has 26 heavy (non-hydrogen) atoms. The molecule has 1 aromatic heterocycles. The van der Waals surface area contributed by atoms with E-state index in [1.165, 1.54) is 16.8 Å². The Balaban J connectivity index is 1.96. The lowest BCUT2D eigenvalue weighted by Crippen LogP contribution is -2.40. The number of nitrogens with one attached hydrogen (secondary N) is 2. The van der Waals surface area contributed by atoms with Crippen LogP contribution in [0.15, 0.2) is 47.4 Å². The third kappa shape index (κ3) is 4.02. The number of nitrogens with zero attached hydrogens (tertiary/aromatic N) is 1. The predicted octanol–water partition coefficient (Wildman–Crippen LogP) is 1.93. The summed E-state index contributed by atoms with van der Waals surface area (Å²) in [5.74, 6) is -0.709. The Hall–Kier alpha value is -2.89. The number of hydrogen-bond donors (Lipinski definition) is 2. The summed E-state index contributed by atoms with van der Waals surface area (Å²) in [4.78, 5) is 37.5. The topological polar surface area (TPSA) is 80.2 Å². The largest absolute Gasteiger partial charge is 0.352 e. The Labute approximate surface area is 152 Å². The van der Waals surface area contributed by atoms with Gasteiger partial charge in [0.25, 0.3) is 17.4 Å². The summed E-state index contributed by atoms with van der Waals surface area (Å²) in [5.41, 5.74) is 0.839. The van der Waals surface area contributed by atoms with Crippen LogP contribution in [0.25, 0.3) is 0 Å². The molecular weight excluding hydrogens is 330 g/mol. The molecule has 2 N–H and O–H groups in total. The van der Waals surface area contributed by atoms with Crippen LogP contribution in [0.1, 0.15) is 52.5 Å². The number of hydrogen-bond acceptors (Lipinski definition) is 3. The van der Waals surface area contributed by atoms with Gasteiger partial charge in [0.15, 0.2) is 0 Å². The second kappa shape index (κ2) is 7.99. The van der Waals surface area contributed by atoms with Crippen LogP contribution in [0, 0.1) is 0 Å². The number of amides is 2. The first kappa shape index (κ1) is 17.9. The van der Waals surface area contributed by atoms with E-state index >= 15 is 0 Å². The second-order valence-electron chi connectivity index (χ2n) is 6.52. The Morgan fingerprint density at radius 2 is 1.88 bits per heavy atom. The van der Waals surface area contributed by atoms with Crippen molar-refractivity contribution in [2.45, 2.75) is 38.8 Å². The van der Waals surface area contributed by atoms with Crippen LogP contribution in [0.4, 0.5) is 0 Å². The lowest BCUT2D eigenvalue weighted by molar-refractivity contribution is 0.0916. The summed E-state index contributed by atoms with van der Waals surface area (Å²) in [5, 5.41) is 5.59. The number of carbonyl (C=O) groups is 2. The third-order valence-electron chi connectivity index (χ3n) is 4.57. The van der Waals surface area contributed by atoms with E-state index in [0.717, 1.165) is 24.8 Å². The van der Waals surface area contributed by atoms with Crippen LogP contribution in [0.5, 0.6) is 0 Å². The predicted molar refractivity (Wildman–Crippen MR) is 99.4 cm³/mol. The summed E-state index contributed by atoms with van der Waals surface area (Å²) in [6.07, 6.45) is 4.59. The van der Waals surface area contributed by atoms with Crippen molar-refractivity contribution >= 4 is 11.8 Å². The molecule has 2 amide bonds. The van der Waals surface area contributed by atoms with Crippen molar-refractivity contribution in [2.75, 3.05) is 6.54 Å². The Morgan fingerprint density at radius 3 is 2.50 bits per heavy atom. The first-order chi connectivity index (χ1) is 12.6. The molecule has 1 fully saturated rings. The number of carbonyl (C=O) groups excluding carboxylic acids is 2. The van der Waals surface area contributed by atoms with E-state index < -0.39 is 11.5 Å². The molecule has 2 aromatic rings. The first-order valence-electron chi connectivity index (χ1n) is 8.96. The van der Waals surface area contributed by atoms with E-state index in [1.807, 2.05) is 30.3 Å². The summed E-state index contributed by atoms with van der Waals surface area (Å²) in [7, 11) is 0. The molecule has 1 saturated carbocycles. The van der Waals surface area contributed by atoms with Gasteiger partial charge in [-0.2, -0.15) is 0 Å². The number of pyridine rings is 1. The minimum Gasteiger partial charge on any atom is -0.352 e. The van der Waals surface area contributed by atoms with Crippen molar-refractivity contribution in [1.29, 1.82) is 0 Å². The average molecular weight is 353 g/mol. The van der Waals surface area contributed by atoms with Crippen molar-refractivity contribution in [3.05, 3.63) is 69.6 Å². The molecule has 0 unspecified atom stereocenters. The summed E-state index contributed by atoms with van der Waals surface area (Å²) >= 11 is 0. The van der Waals surface area contributed by atoms with Gasteiger partial charge < -0.3 is 15.2 Å². The number of aromatic nitrogens is 1. The maximum Gasteiger partial charge on any atom is 0.263 e. The molecule has 0 spiro atoms. The van der Waals surface area contributed by atoms with Gasteiger partial charge in [-0.05, 0) is 37.8 Å². The van der Waals surface area contributed by atoms with E-state index in [2.05, 4.69) is 10.6 Å². The van der Waals surface area contributed by atoms with Gasteiger partial charge in [-0.1, -0.05) is 30.3 Å². The molecule has 6 nitrogen and oxygen atoms in total. The molecular formula is C20H23N3O3. The van der Waals surface area contributed by atoms with Crippen molar-refractivity contribution in [2.24, 2.45) is 0 Å². The zero-order valence-electron chi connectivity index (χ0n) is 14.8. The molecule has 0 saturated heterocycles. The highest BCUT2D eigenvalue weighted by atomic mass is 16.2. The van der Waals surface area contributed by atoms with Crippen LogP contribution in [-0.2, 0) is 6.54 Å². The van der Waals surface area contributed by atoms with E-state index in [4.69, 9.17) is 0 Å². The molecule has 1 aromatic carbocycles. The molecule has 6 heteroatoms. The quantitative estimate of drug-likeness (QED) is 0.833. The van der Waals surface area contributed by atoms with Gasteiger partial charge in [-0.3, -0.25) is 14.4 Å². The van der Waals surface area contributed by atoms with Gasteiger partial charge in [0.05, 0.1) is 12.1 Å². The zero-order valence-corrected chi connectivity index (χ0v) is 14.8. The van der Waals surface area contributed by atoms with Crippen molar-refractivity contribution in [3.63, 3.8) is 0 Å².